The number of allylic oxidation sites excluding steroid dienone is 2. The van der Waals surface area contributed by atoms with Crippen molar-refractivity contribution in [2.75, 3.05) is 12.3 Å². The third-order valence-electron chi connectivity index (χ3n) is 3.12. The summed E-state index contributed by atoms with van der Waals surface area (Å²) in [5, 5.41) is 0. The van der Waals surface area contributed by atoms with Gasteiger partial charge in [0.15, 0.2) is 0 Å². The zero-order valence-electron chi connectivity index (χ0n) is 9.60. The van der Waals surface area contributed by atoms with Crippen LogP contribution in [0.5, 0.6) is 5.88 Å². The Kier molecular flexibility index (Phi) is 3.44. The minimum absolute atomic E-state index is 0.591. The van der Waals surface area contributed by atoms with Crippen molar-refractivity contribution >= 4 is 5.69 Å². The maximum absolute atomic E-state index is 5.67. The number of hydrogen-bond acceptors (Lipinski definition) is 3. The first kappa shape index (κ1) is 11.0. The van der Waals surface area contributed by atoms with Gasteiger partial charge in [-0.2, -0.15) is 0 Å². The quantitative estimate of drug-likeness (QED) is 0.793. The fourth-order valence-electron chi connectivity index (χ4n) is 1.94. The molecule has 0 bridgehead atoms. The molecule has 1 aliphatic carbocycles. The number of pyridine rings is 1. The van der Waals surface area contributed by atoms with Gasteiger partial charge in [-0.3, -0.25) is 0 Å². The van der Waals surface area contributed by atoms with Gasteiger partial charge >= 0.3 is 0 Å². The predicted octanol–water partition coefficient (Wildman–Crippen LogP) is 2.64. The van der Waals surface area contributed by atoms with Crippen LogP contribution in [0.3, 0.4) is 0 Å². The van der Waals surface area contributed by atoms with Gasteiger partial charge < -0.3 is 10.5 Å². The Labute approximate surface area is 96.3 Å². The molecule has 0 aromatic carbocycles. The lowest BCUT2D eigenvalue weighted by Crippen LogP contribution is -2.21. The van der Waals surface area contributed by atoms with Crippen molar-refractivity contribution in [3.8, 4) is 5.88 Å². The normalized spacial score (nSPS) is 24.3. The van der Waals surface area contributed by atoms with Crippen LogP contribution in [0.4, 0.5) is 5.69 Å². The number of rotatable bonds is 3. The number of hydrogen-bond donors (Lipinski definition) is 1. The van der Waals surface area contributed by atoms with Gasteiger partial charge in [-0.15, -0.1) is 0 Å². The zero-order valence-corrected chi connectivity index (χ0v) is 9.60. The van der Waals surface area contributed by atoms with Crippen LogP contribution in [0.15, 0.2) is 30.5 Å². The molecular formula is C13H18N2O. The molecule has 16 heavy (non-hydrogen) atoms. The standard InChI is InChI=1S/C13H18N2O/c1-10-4-2-3-5-11(10)9-16-13-8-12(14)6-7-15-13/h2-3,6-8,10-11H,4-5,9H2,1H3,(H2,14,15). The molecule has 3 nitrogen and oxygen atoms in total. The van der Waals surface area contributed by atoms with E-state index >= 15 is 0 Å². The van der Waals surface area contributed by atoms with E-state index in [4.69, 9.17) is 10.5 Å². The van der Waals surface area contributed by atoms with Crippen LogP contribution in [0, 0.1) is 11.8 Å². The van der Waals surface area contributed by atoms with Gasteiger partial charge in [0.25, 0.3) is 0 Å². The van der Waals surface area contributed by atoms with Crippen LogP contribution in [0.25, 0.3) is 0 Å². The number of ether oxygens (including phenoxy) is 1. The molecule has 2 unspecified atom stereocenters. The van der Waals surface area contributed by atoms with Crippen molar-refractivity contribution in [1.29, 1.82) is 0 Å². The SMILES string of the molecule is CC1CC=CCC1COc1cc(N)ccn1. The summed E-state index contributed by atoms with van der Waals surface area (Å²) in [6.45, 7) is 2.99. The topological polar surface area (TPSA) is 48.1 Å². The first-order valence-electron chi connectivity index (χ1n) is 5.75. The van der Waals surface area contributed by atoms with E-state index in [-0.39, 0.29) is 0 Å². The second kappa shape index (κ2) is 5.01. The molecule has 1 aromatic heterocycles. The van der Waals surface area contributed by atoms with Gasteiger partial charge in [-0.05, 0) is 30.7 Å². The van der Waals surface area contributed by atoms with Crippen molar-refractivity contribution in [3.63, 3.8) is 0 Å². The van der Waals surface area contributed by atoms with Crippen molar-refractivity contribution in [3.05, 3.63) is 30.5 Å². The lowest BCUT2D eigenvalue weighted by atomic mass is 9.85. The molecule has 86 valence electrons. The zero-order chi connectivity index (χ0) is 11.4. The first-order chi connectivity index (χ1) is 7.75. The number of nitrogens with two attached hydrogens (primary N) is 1. The Morgan fingerprint density at radius 3 is 3.00 bits per heavy atom. The van der Waals surface area contributed by atoms with Crippen molar-refractivity contribution in [2.24, 2.45) is 11.8 Å². The van der Waals surface area contributed by atoms with Crippen LogP contribution in [0.2, 0.25) is 0 Å². The largest absolute Gasteiger partial charge is 0.477 e. The third-order valence-corrected chi connectivity index (χ3v) is 3.12. The molecule has 2 atom stereocenters. The van der Waals surface area contributed by atoms with Crippen LogP contribution < -0.4 is 10.5 Å². The lowest BCUT2D eigenvalue weighted by Gasteiger charge is -2.24. The average molecular weight is 218 g/mol. The summed E-state index contributed by atoms with van der Waals surface area (Å²) < 4.78 is 5.67. The van der Waals surface area contributed by atoms with Crippen LogP contribution >= 0.6 is 0 Å². The third kappa shape index (κ3) is 2.75. The van der Waals surface area contributed by atoms with E-state index in [0.29, 0.717) is 23.4 Å². The maximum atomic E-state index is 5.67. The summed E-state index contributed by atoms with van der Waals surface area (Å²) in [6.07, 6.45) is 8.41. The van der Waals surface area contributed by atoms with Gasteiger partial charge in [0.1, 0.15) is 0 Å². The number of nitrogens with zero attached hydrogens (tertiary/aromatic N) is 1. The summed E-state index contributed by atoms with van der Waals surface area (Å²) in [4.78, 5) is 4.13. The number of aromatic nitrogens is 1. The van der Waals surface area contributed by atoms with E-state index in [1.54, 1.807) is 18.3 Å². The smallest absolute Gasteiger partial charge is 0.215 e. The predicted molar refractivity (Wildman–Crippen MR) is 65.2 cm³/mol. The van der Waals surface area contributed by atoms with E-state index in [0.717, 1.165) is 19.4 Å². The minimum Gasteiger partial charge on any atom is -0.477 e. The van der Waals surface area contributed by atoms with Gasteiger partial charge in [-0.1, -0.05) is 19.1 Å². The van der Waals surface area contributed by atoms with Gasteiger partial charge in [-0.25, -0.2) is 4.98 Å². The molecular weight excluding hydrogens is 200 g/mol. The highest BCUT2D eigenvalue weighted by atomic mass is 16.5. The van der Waals surface area contributed by atoms with E-state index in [9.17, 15) is 0 Å². The van der Waals surface area contributed by atoms with Gasteiger partial charge in [0.2, 0.25) is 5.88 Å². The molecule has 1 aliphatic rings. The van der Waals surface area contributed by atoms with E-state index in [1.807, 2.05) is 0 Å². The molecule has 0 radical (unpaired) electrons. The van der Waals surface area contributed by atoms with E-state index in [1.165, 1.54) is 0 Å². The molecule has 3 heteroatoms. The molecule has 2 rings (SSSR count). The maximum Gasteiger partial charge on any atom is 0.215 e. The van der Waals surface area contributed by atoms with Crippen molar-refractivity contribution in [2.45, 2.75) is 19.8 Å². The summed E-state index contributed by atoms with van der Waals surface area (Å²) in [6, 6.07) is 3.53. The minimum atomic E-state index is 0.591. The van der Waals surface area contributed by atoms with Crippen LogP contribution in [-0.4, -0.2) is 11.6 Å². The molecule has 1 aromatic rings. The fourth-order valence-corrected chi connectivity index (χ4v) is 1.94. The average Bonchev–Trinajstić information content (AvgIpc) is 2.28. The highest BCUT2D eigenvalue weighted by Crippen LogP contribution is 2.25. The Morgan fingerprint density at radius 2 is 2.25 bits per heavy atom. The Bertz CT molecular complexity index is 376. The summed E-state index contributed by atoms with van der Waals surface area (Å²) in [5.41, 5.74) is 6.36. The molecule has 0 aliphatic heterocycles. The van der Waals surface area contributed by atoms with Gasteiger partial charge in [0, 0.05) is 18.0 Å². The van der Waals surface area contributed by atoms with Gasteiger partial charge in [0.05, 0.1) is 6.61 Å². The summed E-state index contributed by atoms with van der Waals surface area (Å²) in [5.74, 6) is 1.90. The molecule has 0 fully saturated rings. The van der Waals surface area contributed by atoms with E-state index < -0.39 is 0 Å². The number of nitrogen functional groups attached to an aromatic ring is 1. The highest BCUT2D eigenvalue weighted by Gasteiger charge is 2.18. The van der Waals surface area contributed by atoms with Crippen LogP contribution in [0.1, 0.15) is 19.8 Å². The second-order valence-electron chi connectivity index (χ2n) is 4.42. The Morgan fingerprint density at radius 1 is 1.44 bits per heavy atom. The monoisotopic (exact) mass is 218 g/mol. The molecule has 0 saturated heterocycles. The molecule has 0 spiro atoms. The molecule has 1 heterocycles. The molecule has 0 amide bonds. The van der Waals surface area contributed by atoms with Crippen LogP contribution in [-0.2, 0) is 0 Å². The summed E-state index contributed by atoms with van der Waals surface area (Å²) >= 11 is 0. The summed E-state index contributed by atoms with van der Waals surface area (Å²) in [7, 11) is 0. The lowest BCUT2D eigenvalue weighted by molar-refractivity contribution is 0.193. The highest BCUT2D eigenvalue weighted by molar-refractivity contribution is 5.39. The Hall–Kier alpha value is -1.51. The van der Waals surface area contributed by atoms with E-state index in [2.05, 4.69) is 24.1 Å². The fraction of sp³-hybridized carbons (Fsp3) is 0.462. The molecule has 0 saturated carbocycles. The first-order valence-corrected chi connectivity index (χ1v) is 5.75. The number of anilines is 1. The molecule has 2 N–H and O–H groups in total. The second-order valence-corrected chi connectivity index (χ2v) is 4.42. The van der Waals surface area contributed by atoms with Crippen molar-refractivity contribution < 1.29 is 4.74 Å². The Balaban J connectivity index is 1.89. The van der Waals surface area contributed by atoms with Crippen molar-refractivity contribution in [1.82, 2.24) is 4.98 Å².